The van der Waals surface area contributed by atoms with Crippen LogP contribution in [0.4, 0.5) is 5.95 Å². The lowest BCUT2D eigenvalue weighted by Gasteiger charge is -2.29. The molecule has 15 nitrogen and oxygen atoms in total. The molecule has 1 saturated heterocycles. The SMILES string of the molecule is C=N[C@]1(C)[C@H](O)[C@@H](COP(=O)(NCc2ccccc2)OC(C(=O)OCC)c2ccccc2)O[C@H]1n1cnc2c(OCC)nc(N)nc21. The summed E-state index contributed by atoms with van der Waals surface area (Å²) in [5, 5.41) is 14.3. The predicted octanol–water partition coefficient (Wildman–Crippen LogP) is 3.76. The van der Waals surface area contributed by atoms with Crippen LogP contribution in [0.2, 0.25) is 0 Å². The summed E-state index contributed by atoms with van der Waals surface area (Å²) < 4.78 is 44.9. The molecule has 3 heterocycles. The summed E-state index contributed by atoms with van der Waals surface area (Å²) in [6, 6.07) is 17.7. The molecule has 1 aliphatic rings. The fraction of sp³-hybridized carbons (Fsp3) is 0.387. The number of ether oxygens (including phenoxy) is 3. The lowest BCUT2D eigenvalue weighted by atomic mass is 9.93. The Morgan fingerprint density at radius 3 is 2.53 bits per heavy atom. The molecular weight excluding hydrogens is 629 g/mol. The summed E-state index contributed by atoms with van der Waals surface area (Å²) in [5.41, 5.74) is 6.43. The highest BCUT2D eigenvalue weighted by atomic mass is 31.2. The van der Waals surface area contributed by atoms with Gasteiger partial charge >= 0.3 is 13.7 Å². The topological polar surface area (TPSA) is 195 Å². The number of aliphatic hydroxyl groups excluding tert-OH is 1. The molecule has 2 unspecified atom stereocenters. The molecule has 0 amide bonds. The number of esters is 1. The number of nitrogens with two attached hydrogens (primary N) is 1. The Morgan fingerprint density at radius 2 is 1.87 bits per heavy atom. The average Bonchev–Trinajstić information content (AvgIpc) is 3.61. The van der Waals surface area contributed by atoms with Crippen LogP contribution >= 0.6 is 7.75 Å². The molecule has 0 radical (unpaired) electrons. The van der Waals surface area contributed by atoms with Gasteiger partial charge in [0.05, 0.1) is 26.1 Å². The molecule has 1 aliphatic heterocycles. The number of aliphatic imine (C=N–C) groups is 1. The van der Waals surface area contributed by atoms with Crippen LogP contribution in [-0.4, -0.2) is 74.9 Å². The Bertz CT molecular complexity index is 1730. The number of hydrogen-bond acceptors (Lipinski definition) is 13. The molecule has 47 heavy (non-hydrogen) atoms. The second-order valence-corrected chi connectivity index (χ2v) is 12.5. The zero-order chi connectivity index (χ0) is 33.6. The number of anilines is 1. The first kappa shape index (κ1) is 34.1. The second kappa shape index (κ2) is 14.7. The highest BCUT2D eigenvalue weighted by Crippen LogP contribution is 2.51. The second-order valence-electron chi connectivity index (χ2n) is 10.8. The van der Waals surface area contributed by atoms with E-state index in [-0.39, 0.29) is 30.6 Å². The third-order valence-electron chi connectivity index (χ3n) is 7.61. The van der Waals surface area contributed by atoms with Crippen molar-refractivity contribution in [2.24, 2.45) is 4.99 Å². The van der Waals surface area contributed by atoms with Crippen LogP contribution in [0.25, 0.3) is 11.2 Å². The van der Waals surface area contributed by atoms with E-state index in [0.29, 0.717) is 17.7 Å². The third-order valence-corrected chi connectivity index (χ3v) is 9.13. The molecule has 250 valence electrons. The van der Waals surface area contributed by atoms with Gasteiger partial charge in [0.1, 0.15) is 17.7 Å². The molecule has 0 saturated carbocycles. The smallest absolute Gasteiger partial charge is 0.407 e. The summed E-state index contributed by atoms with van der Waals surface area (Å²) >= 11 is 0. The molecule has 4 aromatic rings. The number of imidazole rings is 1. The highest BCUT2D eigenvalue weighted by Gasteiger charge is 2.55. The van der Waals surface area contributed by atoms with Gasteiger partial charge in [0.2, 0.25) is 11.8 Å². The predicted molar refractivity (Wildman–Crippen MR) is 173 cm³/mol. The number of aliphatic hydroxyl groups is 1. The van der Waals surface area contributed by atoms with Crippen molar-refractivity contribution < 1.29 is 37.7 Å². The lowest BCUT2D eigenvalue weighted by Crippen LogP contribution is -2.43. The van der Waals surface area contributed by atoms with Gasteiger partial charge in [-0.25, -0.2) is 19.4 Å². The standard InChI is InChI=1S/C31H38N7O8P/c1-5-42-27-23-26(36-30(32)37-27)38(19-34-23)29-31(3,33-4)25(39)22(45-29)18-44-47(41,35-17-20-13-9-7-10-14-20)46-24(28(40)43-6-2)21-15-11-8-12-16-21/h7-16,19,22,24-25,29,39H,4-6,17-18H2,1-3H3,(H,35,41)(H2,32,36,37)/t22-,24?,25-,29-,31-,47?/m1/s1. The van der Waals surface area contributed by atoms with Crippen LogP contribution in [0.3, 0.4) is 0 Å². The Hall–Kier alpha value is -4.24. The molecule has 0 spiro atoms. The van der Waals surface area contributed by atoms with E-state index in [0.717, 1.165) is 5.56 Å². The van der Waals surface area contributed by atoms with Gasteiger partial charge in [0.25, 0.3) is 0 Å². The van der Waals surface area contributed by atoms with Crippen molar-refractivity contribution in [2.45, 2.75) is 57.4 Å². The zero-order valence-electron chi connectivity index (χ0n) is 26.3. The Balaban J connectivity index is 1.43. The molecule has 0 aliphatic carbocycles. The van der Waals surface area contributed by atoms with Crippen molar-refractivity contribution in [3.8, 4) is 5.88 Å². The van der Waals surface area contributed by atoms with Gasteiger partial charge in [-0.2, -0.15) is 9.97 Å². The number of fused-ring (bicyclic) bond motifs is 1. The summed E-state index contributed by atoms with van der Waals surface area (Å²) in [5.74, 6) is -0.603. The monoisotopic (exact) mass is 667 g/mol. The molecule has 6 atom stereocenters. The minimum Gasteiger partial charge on any atom is -0.476 e. The first-order valence-corrected chi connectivity index (χ1v) is 16.5. The van der Waals surface area contributed by atoms with Crippen LogP contribution in [0, 0.1) is 0 Å². The summed E-state index contributed by atoms with van der Waals surface area (Å²) in [4.78, 5) is 30.1. The number of rotatable bonds is 15. The first-order valence-electron chi connectivity index (χ1n) is 15.0. The molecule has 16 heteroatoms. The lowest BCUT2D eigenvalue weighted by molar-refractivity contribution is -0.152. The van der Waals surface area contributed by atoms with Gasteiger partial charge in [-0.05, 0) is 38.6 Å². The Kier molecular flexibility index (Phi) is 10.6. The number of nitrogens with zero attached hydrogens (tertiary/aromatic N) is 5. The van der Waals surface area contributed by atoms with Gasteiger partial charge in [-0.3, -0.25) is 18.6 Å². The van der Waals surface area contributed by atoms with E-state index < -0.39 is 50.4 Å². The van der Waals surface area contributed by atoms with E-state index in [1.165, 1.54) is 6.33 Å². The van der Waals surface area contributed by atoms with Gasteiger partial charge in [-0.1, -0.05) is 60.7 Å². The van der Waals surface area contributed by atoms with Crippen molar-refractivity contribution in [1.29, 1.82) is 0 Å². The number of benzene rings is 2. The summed E-state index contributed by atoms with van der Waals surface area (Å²) in [6.07, 6.45) is -3.32. The molecule has 4 N–H and O–H groups in total. The third kappa shape index (κ3) is 7.35. The fourth-order valence-electron chi connectivity index (χ4n) is 5.16. The van der Waals surface area contributed by atoms with E-state index in [1.54, 1.807) is 55.7 Å². The van der Waals surface area contributed by atoms with E-state index in [4.69, 9.17) is 29.0 Å². The number of aromatic nitrogens is 4. The minimum atomic E-state index is -4.31. The van der Waals surface area contributed by atoms with Crippen molar-refractivity contribution in [3.63, 3.8) is 0 Å². The van der Waals surface area contributed by atoms with E-state index >= 15 is 0 Å². The van der Waals surface area contributed by atoms with Crippen molar-refractivity contribution in [2.75, 3.05) is 25.6 Å². The summed E-state index contributed by atoms with van der Waals surface area (Å²) in [6.45, 7) is 8.85. The number of hydrogen-bond donors (Lipinski definition) is 3. The van der Waals surface area contributed by atoms with Crippen LogP contribution < -0.4 is 15.6 Å². The van der Waals surface area contributed by atoms with E-state index in [9.17, 15) is 14.5 Å². The van der Waals surface area contributed by atoms with Crippen molar-refractivity contribution >= 4 is 37.5 Å². The molecule has 2 aromatic heterocycles. The maximum Gasteiger partial charge on any atom is 0.407 e. The van der Waals surface area contributed by atoms with Crippen LogP contribution in [0.5, 0.6) is 5.88 Å². The maximum absolute atomic E-state index is 14.4. The Morgan fingerprint density at radius 1 is 1.17 bits per heavy atom. The van der Waals surface area contributed by atoms with Crippen LogP contribution in [0.15, 0.2) is 72.0 Å². The quantitative estimate of drug-likeness (QED) is 0.0943. The molecule has 2 aromatic carbocycles. The van der Waals surface area contributed by atoms with Crippen LogP contribution in [-0.2, 0) is 34.4 Å². The number of nitrogens with one attached hydrogen (secondary N) is 1. The van der Waals surface area contributed by atoms with Gasteiger partial charge in [-0.15, -0.1) is 0 Å². The maximum atomic E-state index is 14.4. The average molecular weight is 668 g/mol. The molecule has 0 bridgehead atoms. The molecule has 5 rings (SSSR count). The Labute approximate surface area is 271 Å². The number of carbonyl (C=O) groups excluding carboxylic acids is 1. The first-order chi connectivity index (χ1) is 22.6. The normalized spacial score (nSPS) is 22.9. The number of carbonyl (C=O) groups is 1. The van der Waals surface area contributed by atoms with Crippen molar-refractivity contribution in [3.05, 3.63) is 78.1 Å². The fourth-order valence-corrected chi connectivity index (χ4v) is 6.59. The van der Waals surface area contributed by atoms with Crippen LogP contribution in [0.1, 0.15) is 44.2 Å². The van der Waals surface area contributed by atoms with Crippen molar-refractivity contribution in [1.82, 2.24) is 24.6 Å². The zero-order valence-corrected chi connectivity index (χ0v) is 27.2. The molecule has 1 fully saturated rings. The largest absolute Gasteiger partial charge is 0.476 e. The number of nitrogen functional groups attached to an aromatic ring is 1. The highest BCUT2D eigenvalue weighted by molar-refractivity contribution is 7.51. The minimum absolute atomic E-state index is 0.0495. The van der Waals surface area contributed by atoms with E-state index in [1.807, 2.05) is 30.3 Å². The van der Waals surface area contributed by atoms with Gasteiger partial charge < -0.3 is 25.1 Å². The van der Waals surface area contributed by atoms with E-state index in [2.05, 4.69) is 31.7 Å². The van der Waals surface area contributed by atoms with Gasteiger partial charge in [0, 0.05) is 6.54 Å². The van der Waals surface area contributed by atoms with Gasteiger partial charge in [0.15, 0.2) is 23.5 Å². The summed E-state index contributed by atoms with van der Waals surface area (Å²) in [7, 11) is -4.31. The molecular formula is C31H38N7O8P.